The first-order valence-electron chi connectivity index (χ1n) is 4.94. The van der Waals surface area contributed by atoms with Gasteiger partial charge in [0.2, 0.25) is 0 Å². The summed E-state index contributed by atoms with van der Waals surface area (Å²) in [6, 6.07) is 2.29. The first kappa shape index (κ1) is 9.02. The number of nitriles is 1. The molecular formula is C11H17NO. The zero-order valence-corrected chi connectivity index (χ0v) is 8.68. The average molecular weight is 179 g/mol. The third-order valence-corrected chi connectivity index (χ3v) is 3.08. The lowest BCUT2D eigenvalue weighted by Crippen LogP contribution is -2.44. The van der Waals surface area contributed by atoms with Crippen LogP contribution in [0.2, 0.25) is 0 Å². The van der Waals surface area contributed by atoms with Crippen molar-refractivity contribution in [3.63, 3.8) is 0 Å². The minimum absolute atomic E-state index is 0.341. The number of ether oxygens (including phenoxy) is 1. The van der Waals surface area contributed by atoms with Crippen LogP contribution >= 0.6 is 0 Å². The number of nitrogens with zero attached hydrogens (tertiary/aromatic N) is 1. The van der Waals surface area contributed by atoms with Crippen LogP contribution in [-0.2, 0) is 4.74 Å². The van der Waals surface area contributed by atoms with E-state index >= 15 is 0 Å². The summed E-state index contributed by atoms with van der Waals surface area (Å²) in [4.78, 5) is 0. The smallest absolute Gasteiger partial charge is 0.155 e. The lowest BCUT2D eigenvalue weighted by molar-refractivity contribution is 0.0277. The van der Waals surface area contributed by atoms with Crippen LogP contribution in [0, 0.1) is 22.2 Å². The van der Waals surface area contributed by atoms with Gasteiger partial charge < -0.3 is 4.74 Å². The van der Waals surface area contributed by atoms with Gasteiger partial charge in [-0.05, 0) is 24.7 Å². The molecule has 0 unspecified atom stereocenters. The minimum atomic E-state index is -0.384. The molecule has 1 aliphatic carbocycles. The molecule has 2 aliphatic heterocycles. The van der Waals surface area contributed by atoms with Crippen molar-refractivity contribution in [1.29, 1.82) is 5.26 Å². The summed E-state index contributed by atoms with van der Waals surface area (Å²) < 4.78 is 5.55. The third kappa shape index (κ3) is 1.36. The fourth-order valence-electron chi connectivity index (χ4n) is 3.07. The summed E-state index contributed by atoms with van der Waals surface area (Å²) >= 11 is 0. The van der Waals surface area contributed by atoms with E-state index in [-0.39, 0.29) is 5.60 Å². The van der Waals surface area contributed by atoms with Crippen LogP contribution in [0.5, 0.6) is 0 Å². The quantitative estimate of drug-likeness (QED) is 0.619. The maximum Gasteiger partial charge on any atom is 0.155 e. The van der Waals surface area contributed by atoms with E-state index in [1.807, 2.05) is 0 Å². The van der Waals surface area contributed by atoms with Gasteiger partial charge in [-0.15, -0.1) is 0 Å². The SMILES string of the molecule is CC(C)(C)CC12COC(C#N)(C1)C2. The number of rotatable bonds is 1. The van der Waals surface area contributed by atoms with Gasteiger partial charge in [0.1, 0.15) is 0 Å². The van der Waals surface area contributed by atoms with Crippen molar-refractivity contribution in [3.8, 4) is 6.07 Å². The Kier molecular flexibility index (Phi) is 1.58. The molecule has 2 bridgehead atoms. The average Bonchev–Trinajstić information content (AvgIpc) is 2.38. The molecule has 0 aromatic heterocycles. The zero-order valence-electron chi connectivity index (χ0n) is 8.68. The fourth-order valence-corrected chi connectivity index (χ4v) is 3.07. The standard InChI is InChI=1S/C11H17NO/c1-9(2,3)4-10-5-11(6-10,7-12)13-8-10/h4-6,8H2,1-3H3. The van der Waals surface area contributed by atoms with E-state index in [0.717, 1.165) is 19.4 Å². The Morgan fingerprint density at radius 1 is 1.38 bits per heavy atom. The maximum absolute atomic E-state index is 8.90. The van der Waals surface area contributed by atoms with Crippen LogP contribution in [0.25, 0.3) is 0 Å². The van der Waals surface area contributed by atoms with E-state index in [1.165, 1.54) is 6.42 Å². The van der Waals surface area contributed by atoms with Gasteiger partial charge in [0.05, 0.1) is 12.7 Å². The summed E-state index contributed by atoms with van der Waals surface area (Å²) in [7, 11) is 0. The molecule has 2 heteroatoms. The predicted molar refractivity (Wildman–Crippen MR) is 50.0 cm³/mol. The summed E-state index contributed by atoms with van der Waals surface area (Å²) in [5, 5.41) is 8.90. The molecule has 72 valence electrons. The Hall–Kier alpha value is -0.550. The molecule has 0 N–H and O–H groups in total. The molecule has 0 atom stereocenters. The lowest BCUT2D eigenvalue weighted by Gasteiger charge is -2.43. The van der Waals surface area contributed by atoms with E-state index in [2.05, 4.69) is 26.8 Å². The first-order chi connectivity index (χ1) is 5.89. The Bertz CT molecular complexity index is 263. The Morgan fingerprint density at radius 2 is 2.00 bits per heavy atom. The van der Waals surface area contributed by atoms with Crippen molar-refractivity contribution in [1.82, 2.24) is 0 Å². The zero-order chi connectivity index (χ0) is 9.74. The summed E-state index contributed by atoms with van der Waals surface area (Å²) in [6.07, 6.45) is 3.12. The van der Waals surface area contributed by atoms with Gasteiger partial charge in [0, 0.05) is 5.41 Å². The lowest BCUT2D eigenvalue weighted by atomic mass is 9.58. The first-order valence-corrected chi connectivity index (χ1v) is 4.94. The van der Waals surface area contributed by atoms with Crippen LogP contribution in [-0.4, -0.2) is 12.2 Å². The highest BCUT2D eigenvalue weighted by Crippen LogP contribution is 2.61. The molecule has 13 heavy (non-hydrogen) atoms. The van der Waals surface area contributed by atoms with E-state index < -0.39 is 0 Å². The maximum atomic E-state index is 8.90. The number of fused-ring (bicyclic) bond motifs is 1. The molecule has 2 nitrogen and oxygen atoms in total. The minimum Gasteiger partial charge on any atom is -0.360 e. The summed E-state index contributed by atoms with van der Waals surface area (Å²) in [5.41, 5.74) is 0.314. The van der Waals surface area contributed by atoms with Gasteiger partial charge in [-0.1, -0.05) is 20.8 Å². The number of hydrogen-bond donors (Lipinski definition) is 0. The summed E-state index contributed by atoms with van der Waals surface area (Å²) in [6.45, 7) is 7.57. The normalized spacial score (nSPS) is 42.6. The molecule has 0 radical (unpaired) electrons. The van der Waals surface area contributed by atoms with E-state index in [1.54, 1.807) is 0 Å². The topological polar surface area (TPSA) is 33.0 Å². The fraction of sp³-hybridized carbons (Fsp3) is 0.909. The van der Waals surface area contributed by atoms with Crippen molar-refractivity contribution in [2.75, 3.05) is 6.61 Å². The van der Waals surface area contributed by atoms with Gasteiger partial charge >= 0.3 is 0 Å². The highest BCUT2D eigenvalue weighted by atomic mass is 16.5. The molecule has 3 aliphatic rings. The van der Waals surface area contributed by atoms with Crippen LogP contribution in [0.15, 0.2) is 0 Å². The molecular weight excluding hydrogens is 162 g/mol. The Morgan fingerprint density at radius 3 is 2.38 bits per heavy atom. The third-order valence-electron chi connectivity index (χ3n) is 3.08. The van der Waals surface area contributed by atoms with E-state index in [0.29, 0.717) is 10.8 Å². The predicted octanol–water partition coefficient (Wildman–Crippen LogP) is 2.50. The molecule has 0 aromatic carbocycles. The highest BCUT2D eigenvalue weighted by Gasteiger charge is 2.63. The van der Waals surface area contributed by atoms with Crippen LogP contribution < -0.4 is 0 Å². The monoisotopic (exact) mass is 179 g/mol. The second kappa shape index (κ2) is 2.27. The summed E-state index contributed by atoms with van der Waals surface area (Å²) in [5.74, 6) is 0. The molecule has 3 fully saturated rings. The van der Waals surface area contributed by atoms with Crippen molar-refractivity contribution in [3.05, 3.63) is 0 Å². The largest absolute Gasteiger partial charge is 0.360 e. The van der Waals surface area contributed by atoms with Crippen LogP contribution in [0.1, 0.15) is 40.0 Å². The van der Waals surface area contributed by atoms with Crippen molar-refractivity contribution in [2.45, 2.75) is 45.6 Å². The Labute approximate surface area is 79.9 Å². The second-order valence-corrected chi connectivity index (χ2v) is 5.99. The van der Waals surface area contributed by atoms with Crippen molar-refractivity contribution < 1.29 is 4.74 Å². The molecule has 2 saturated heterocycles. The molecule has 3 rings (SSSR count). The van der Waals surface area contributed by atoms with E-state index in [4.69, 9.17) is 10.00 Å². The Balaban J connectivity index is 2.03. The van der Waals surface area contributed by atoms with Gasteiger partial charge in [-0.3, -0.25) is 0 Å². The van der Waals surface area contributed by atoms with Crippen LogP contribution in [0.3, 0.4) is 0 Å². The van der Waals surface area contributed by atoms with Gasteiger partial charge in [0.25, 0.3) is 0 Å². The van der Waals surface area contributed by atoms with Crippen molar-refractivity contribution in [2.24, 2.45) is 10.8 Å². The second-order valence-electron chi connectivity index (χ2n) is 5.99. The van der Waals surface area contributed by atoms with Gasteiger partial charge in [-0.2, -0.15) is 5.26 Å². The molecule has 0 spiro atoms. The van der Waals surface area contributed by atoms with Crippen LogP contribution in [0.4, 0.5) is 0 Å². The molecule has 0 aromatic rings. The van der Waals surface area contributed by atoms with Crippen molar-refractivity contribution >= 4 is 0 Å². The molecule has 2 heterocycles. The number of hydrogen-bond acceptors (Lipinski definition) is 2. The molecule has 1 saturated carbocycles. The van der Waals surface area contributed by atoms with Gasteiger partial charge in [0.15, 0.2) is 5.60 Å². The van der Waals surface area contributed by atoms with E-state index in [9.17, 15) is 0 Å². The highest BCUT2D eigenvalue weighted by molar-refractivity contribution is 5.21. The molecule has 0 amide bonds. The van der Waals surface area contributed by atoms with Gasteiger partial charge in [-0.25, -0.2) is 0 Å².